The summed E-state index contributed by atoms with van der Waals surface area (Å²) in [6.07, 6.45) is 0. The number of carbonyl (C=O) groups excluding carboxylic acids is 2. The molecule has 6 nitrogen and oxygen atoms in total. The van der Waals surface area contributed by atoms with E-state index in [4.69, 9.17) is 49.0 Å². The molecule has 0 radical (unpaired) electrons. The van der Waals surface area contributed by atoms with Crippen molar-refractivity contribution in [3.63, 3.8) is 0 Å². The zero-order chi connectivity index (χ0) is 28.6. The molecule has 3 aromatic carbocycles. The van der Waals surface area contributed by atoms with Gasteiger partial charge in [0.05, 0.1) is 29.5 Å². The lowest BCUT2D eigenvalue weighted by molar-refractivity contribution is -0.138. The number of hydrogen-bond donors (Lipinski definition) is 1. The Morgan fingerprint density at radius 2 is 1.68 bits per heavy atom. The zero-order valence-corrected chi connectivity index (χ0v) is 24.3. The van der Waals surface area contributed by atoms with E-state index in [1.54, 1.807) is 50.2 Å². The van der Waals surface area contributed by atoms with Gasteiger partial charge in [0.25, 0.3) is 0 Å². The highest BCUT2D eigenvalue weighted by molar-refractivity contribution is 6.35. The number of nitrogens with one attached hydrogen (secondary N) is 1. The molecule has 2 aliphatic rings. The van der Waals surface area contributed by atoms with Crippen molar-refractivity contribution in [2.45, 2.75) is 33.3 Å². The molecule has 0 unspecified atom stereocenters. The van der Waals surface area contributed by atoms with Crippen LogP contribution in [0, 0.1) is 0 Å². The number of carbonyl (C=O) groups is 2. The fourth-order valence-electron chi connectivity index (χ4n) is 5.09. The number of ketones is 1. The van der Waals surface area contributed by atoms with Gasteiger partial charge in [0.2, 0.25) is 0 Å². The second-order valence-corrected chi connectivity index (χ2v) is 10.5. The molecule has 9 heteroatoms. The molecule has 3 aromatic rings. The first kappa shape index (κ1) is 28.1. The van der Waals surface area contributed by atoms with Crippen LogP contribution >= 0.6 is 34.8 Å². The van der Waals surface area contributed by atoms with Crippen molar-refractivity contribution in [2.24, 2.45) is 0 Å². The lowest BCUT2D eigenvalue weighted by Crippen LogP contribution is -2.29. The first-order chi connectivity index (χ1) is 19.2. The van der Waals surface area contributed by atoms with Crippen molar-refractivity contribution in [3.8, 4) is 11.5 Å². The summed E-state index contributed by atoms with van der Waals surface area (Å²) < 4.78 is 17.4. The van der Waals surface area contributed by atoms with Crippen molar-refractivity contribution in [1.29, 1.82) is 0 Å². The van der Waals surface area contributed by atoms with E-state index in [1.165, 1.54) is 0 Å². The number of esters is 1. The van der Waals surface area contributed by atoms with Gasteiger partial charge in [-0.15, -0.1) is 0 Å². The fourth-order valence-corrected chi connectivity index (χ4v) is 5.82. The number of allylic oxidation sites excluding steroid dienone is 2. The van der Waals surface area contributed by atoms with Crippen LogP contribution in [-0.2, 0) is 16.1 Å². The third-order valence-electron chi connectivity index (χ3n) is 6.80. The molecule has 1 aliphatic heterocycles. The normalized spacial score (nSPS) is 15.9. The Hall–Kier alpha value is -3.45. The van der Waals surface area contributed by atoms with E-state index < -0.39 is 11.9 Å². The minimum Gasteiger partial charge on any atom is -0.490 e. The largest absolute Gasteiger partial charge is 0.490 e. The Bertz CT molecular complexity index is 1590. The van der Waals surface area contributed by atoms with Crippen LogP contribution in [0.1, 0.15) is 53.7 Å². The van der Waals surface area contributed by atoms with Gasteiger partial charge in [-0.25, -0.2) is 4.79 Å². The molecule has 1 N–H and O–H groups in total. The van der Waals surface area contributed by atoms with E-state index in [1.807, 2.05) is 25.1 Å². The van der Waals surface area contributed by atoms with Gasteiger partial charge in [-0.3, -0.25) is 4.79 Å². The number of hydrogen-bond acceptors (Lipinski definition) is 6. The second-order valence-electron chi connectivity index (χ2n) is 9.27. The molecular formula is C31H26Cl3NO5. The van der Waals surface area contributed by atoms with Crippen LogP contribution in [0.3, 0.4) is 0 Å². The first-order valence-corrected chi connectivity index (χ1v) is 13.9. The van der Waals surface area contributed by atoms with Crippen molar-refractivity contribution in [1.82, 2.24) is 5.32 Å². The number of ether oxygens (including phenoxy) is 3. The van der Waals surface area contributed by atoms with Gasteiger partial charge >= 0.3 is 5.97 Å². The van der Waals surface area contributed by atoms with Gasteiger partial charge in [0.15, 0.2) is 17.3 Å². The molecule has 0 amide bonds. The van der Waals surface area contributed by atoms with Crippen LogP contribution in [0.4, 0.5) is 0 Å². The highest BCUT2D eigenvalue weighted by Gasteiger charge is 2.43. The van der Waals surface area contributed by atoms with E-state index in [0.717, 1.165) is 11.1 Å². The molecule has 206 valence electrons. The minimum atomic E-state index is -0.744. The molecule has 1 aliphatic carbocycles. The van der Waals surface area contributed by atoms with Crippen molar-refractivity contribution in [3.05, 3.63) is 109 Å². The van der Waals surface area contributed by atoms with Gasteiger partial charge in [0, 0.05) is 43.9 Å². The van der Waals surface area contributed by atoms with Crippen molar-refractivity contribution in [2.75, 3.05) is 13.2 Å². The summed E-state index contributed by atoms with van der Waals surface area (Å²) in [5.41, 5.74) is 4.73. The molecule has 0 saturated carbocycles. The average molecular weight is 599 g/mol. The van der Waals surface area contributed by atoms with Crippen LogP contribution in [0.5, 0.6) is 11.5 Å². The van der Waals surface area contributed by atoms with E-state index in [2.05, 4.69) is 5.32 Å². The van der Waals surface area contributed by atoms with E-state index in [9.17, 15) is 9.59 Å². The molecule has 1 heterocycles. The highest BCUT2D eigenvalue weighted by atomic mass is 35.5. The summed E-state index contributed by atoms with van der Waals surface area (Å²) in [5, 5.41) is 4.54. The summed E-state index contributed by atoms with van der Waals surface area (Å²) in [6.45, 7) is 6.03. The van der Waals surface area contributed by atoms with Crippen LogP contribution < -0.4 is 14.8 Å². The maximum Gasteiger partial charge on any atom is 0.336 e. The number of fused-ring (bicyclic) bond motifs is 2. The zero-order valence-electron chi connectivity index (χ0n) is 22.1. The Labute approximate surface area is 247 Å². The lowest BCUT2D eigenvalue weighted by atomic mass is 9.79. The van der Waals surface area contributed by atoms with E-state index in [0.29, 0.717) is 61.8 Å². The highest BCUT2D eigenvalue weighted by Crippen LogP contribution is 2.49. The predicted octanol–water partition coefficient (Wildman–Crippen LogP) is 7.76. The quantitative estimate of drug-likeness (QED) is 0.267. The molecule has 0 aromatic heterocycles. The van der Waals surface area contributed by atoms with E-state index in [-0.39, 0.29) is 24.0 Å². The second kappa shape index (κ2) is 11.6. The number of rotatable bonds is 8. The maximum absolute atomic E-state index is 13.7. The Morgan fingerprint density at radius 1 is 0.925 bits per heavy atom. The summed E-state index contributed by atoms with van der Waals surface area (Å²) in [4.78, 5) is 27.0. The van der Waals surface area contributed by atoms with Crippen molar-refractivity contribution >= 4 is 52.3 Å². The molecule has 0 fully saturated rings. The molecule has 0 spiro atoms. The average Bonchev–Trinajstić information content (AvgIpc) is 3.20. The SMILES string of the molecule is CCOC(=O)C1=C(C)NC2=C(C(=O)c3ccccc32)[C@H]1c1cc(Cl)c(OCc2ccc(Cl)cc2Cl)c(OCC)c1. The molecule has 0 bridgehead atoms. The summed E-state index contributed by atoms with van der Waals surface area (Å²) in [5.74, 6) is -0.726. The van der Waals surface area contributed by atoms with Crippen LogP contribution in [0.15, 0.2) is 71.4 Å². The molecule has 0 saturated heterocycles. The van der Waals surface area contributed by atoms with Crippen LogP contribution in [0.2, 0.25) is 15.1 Å². The fraction of sp³-hybridized carbons (Fsp3) is 0.226. The number of halogens is 3. The van der Waals surface area contributed by atoms with Gasteiger partial charge in [-0.1, -0.05) is 65.1 Å². The summed E-state index contributed by atoms with van der Waals surface area (Å²) >= 11 is 19.2. The van der Waals surface area contributed by atoms with Crippen LogP contribution in [0.25, 0.3) is 5.70 Å². The maximum atomic E-state index is 13.7. The molecule has 5 rings (SSSR count). The van der Waals surface area contributed by atoms with Gasteiger partial charge in [0.1, 0.15) is 6.61 Å². The van der Waals surface area contributed by atoms with Crippen LogP contribution in [-0.4, -0.2) is 25.0 Å². The third-order valence-corrected chi connectivity index (χ3v) is 7.66. The smallest absolute Gasteiger partial charge is 0.336 e. The number of Topliss-reactive ketones (excluding diaryl/α,β-unsaturated/α-hetero) is 1. The minimum absolute atomic E-state index is 0.124. The number of dihydropyridines is 1. The summed E-state index contributed by atoms with van der Waals surface area (Å²) in [6, 6.07) is 16.0. The molecular weight excluding hydrogens is 573 g/mol. The topological polar surface area (TPSA) is 73.9 Å². The lowest BCUT2D eigenvalue weighted by Gasteiger charge is -2.30. The monoisotopic (exact) mass is 597 g/mol. The Balaban J connectivity index is 1.61. The van der Waals surface area contributed by atoms with E-state index >= 15 is 0 Å². The van der Waals surface area contributed by atoms with Crippen molar-refractivity contribution < 1.29 is 23.8 Å². The Kier molecular flexibility index (Phi) is 8.13. The third kappa shape index (κ3) is 5.07. The molecule has 40 heavy (non-hydrogen) atoms. The standard InChI is InChI=1S/C31H26Cl3NO5/c1-4-38-24-13-18(12-23(34)30(24)40-15-17-10-11-19(32)14-22(17)33)26-25(31(37)39-5-2)16(3)35-28-20-8-6-7-9-21(20)29(36)27(26)28/h6-14,26,35H,4-5,15H2,1-3H3/t26-/m0/s1. The first-order valence-electron chi connectivity index (χ1n) is 12.8. The predicted molar refractivity (Wildman–Crippen MR) is 156 cm³/mol. The molecule has 1 atom stereocenters. The number of benzene rings is 3. The van der Waals surface area contributed by atoms with Gasteiger partial charge in [-0.2, -0.15) is 0 Å². The summed E-state index contributed by atoms with van der Waals surface area (Å²) in [7, 11) is 0. The van der Waals surface area contributed by atoms with Gasteiger partial charge in [-0.05, 0) is 50.6 Å². The van der Waals surface area contributed by atoms with Gasteiger partial charge < -0.3 is 19.5 Å². The Morgan fingerprint density at radius 3 is 2.38 bits per heavy atom.